The average molecular weight is 206 g/mol. The highest BCUT2D eigenvalue weighted by Crippen LogP contribution is 2.28. The lowest BCUT2D eigenvalue weighted by molar-refractivity contribution is -0.0585. The third-order valence-electron chi connectivity index (χ3n) is 2.25. The van der Waals surface area contributed by atoms with Crippen LogP contribution in [0.5, 0.6) is 0 Å². The number of hydrogen-bond acceptors (Lipinski definition) is 4. The van der Waals surface area contributed by atoms with E-state index in [0.717, 1.165) is 11.5 Å². The number of ether oxygens (including phenoxy) is 2. The number of H-pyrrole nitrogens is 1. The lowest BCUT2D eigenvalue weighted by Crippen LogP contribution is -1.94. The van der Waals surface area contributed by atoms with Gasteiger partial charge in [-0.15, -0.1) is 0 Å². The van der Waals surface area contributed by atoms with E-state index in [9.17, 15) is 0 Å². The second-order valence-corrected chi connectivity index (χ2v) is 3.25. The topological polar surface area (TPSA) is 60.3 Å². The van der Waals surface area contributed by atoms with E-state index in [4.69, 9.17) is 13.9 Å². The van der Waals surface area contributed by atoms with Crippen LogP contribution in [0.25, 0.3) is 11.5 Å². The van der Waals surface area contributed by atoms with E-state index in [1.54, 1.807) is 6.20 Å². The molecule has 0 amide bonds. The van der Waals surface area contributed by atoms with Gasteiger partial charge in [0.05, 0.1) is 13.2 Å². The van der Waals surface area contributed by atoms with Crippen molar-refractivity contribution in [3.05, 3.63) is 30.2 Å². The zero-order valence-corrected chi connectivity index (χ0v) is 7.97. The van der Waals surface area contributed by atoms with Gasteiger partial charge in [0, 0.05) is 6.20 Å². The molecule has 0 saturated carbocycles. The minimum atomic E-state index is -0.360. The van der Waals surface area contributed by atoms with Crippen LogP contribution in [0.3, 0.4) is 0 Å². The Morgan fingerprint density at radius 1 is 1.20 bits per heavy atom. The van der Waals surface area contributed by atoms with Crippen molar-refractivity contribution < 1.29 is 13.9 Å². The molecule has 0 bridgehead atoms. The summed E-state index contributed by atoms with van der Waals surface area (Å²) in [6, 6.07) is 5.57. The Labute approximate surface area is 86.0 Å². The van der Waals surface area contributed by atoms with Crippen LogP contribution in [0.4, 0.5) is 0 Å². The number of aromatic nitrogens is 2. The molecule has 1 N–H and O–H groups in total. The quantitative estimate of drug-likeness (QED) is 0.812. The van der Waals surface area contributed by atoms with Gasteiger partial charge in [-0.1, -0.05) is 0 Å². The van der Waals surface area contributed by atoms with Gasteiger partial charge in [-0.25, -0.2) is 0 Å². The Balaban J connectivity index is 1.87. The van der Waals surface area contributed by atoms with Crippen LogP contribution in [0.1, 0.15) is 12.1 Å². The second-order valence-electron chi connectivity index (χ2n) is 3.25. The third kappa shape index (κ3) is 1.55. The predicted octanol–water partition coefficient (Wildman–Crippen LogP) is 1.72. The summed E-state index contributed by atoms with van der Waals surface area (Å²) in [6.45, 7) is 1.23. The van der Waals surface area contributed by atoms with Crippen molar-refractivity contribution in [3.8, 4) is 11.5 Å². The highest BCUT2D eigenvalue weighted by atomic mass is 16.7. The summed E-state index contributed by atoms with van der Waals surface area (Å²) in [5, 5.41) is 6.69. The van der Waals surface area contributed by atoms with E-state index < -0.39 is 0 Å². The van der Waals surface area contributed by atoms with Crippen molar-refractivity contribution in [3.63, 3.8) is 0 Å². The molecular weight excluding hydrogens is 196 g/mol. The van der Waals surface area contributed by atoms with Crippen molar-refractivity contribution in [2.75, 3.05) is 13.2 Å². The minimum Gasteiger partial charge on any atom is -0.454 e. The summed E-state index contributed by atoms with van der Waals surface area (Å²) in [4.78, 5) is 0. The van der Waals surface area contributed by atoms with Crippen molar-refractivity contribution in [1.29, 1.82) is 0 Å². The summed E-state index contributed by atoms with van der Waals surface area (Å²) in [7, 11) is 0. The molecule has 1 saturated heterocycles. The Hall–Kier alpha value is -1.59. The van der Waals surface area contributed by atoms with Crippen LogP contribution in [-0.2, 0) is 9.47 Å². The van der Waals surface area contributed by atoms with Crippen molar-refractivity contribution >= 4 is 0 Å². The highest BCUT2D eigenvalue weighted by molar-refractivity contribution is 5.51. The maximum Gasteiger partial charge on any atom is 0.217 e. The molecule has 0 aliphatic carbocycles. The zero-order chi connectivity index (χ0) is 10.1. The molecule has 1 fully saturated rings. The fourth-order valence-corrected chi connectivity index (χ4v) is 1.54. The van der Waals surface area contributed by atoms with E-state index in [1.165, 1.54) is 0 Å². The number of nitrogens with one attached hydrogen (secondary N) is 1. The van der Waals surface area contributed by atoms with Gasteiger partial charge in [-0.3, -0.25) is 5.10 Å². The number of hydrogen-bond donors (Lipinski definition) is 1. The van der Waals surface area contributed by atoms with Crippen LogP contribution in [-0.4, -0.2) is 23.4 Å². The van der Waals surface area contributed by atoms with Crippen LogP contribution in [0.2, 0.25) is 0 Å². The molecule has 0 spiro atoms. The molecule has 0 aromatic carbocycles. The molecule has 78 valence electrons. The molecule has 3 heterocycles. The molecular formula is C10H10N2O3. The zero-order valence-electron chi connectivity index (χ0n) is 7.97. The largest absolute Gasteiger partial charge is 0.454 e. The van der Waals surface area contributed by atoms with E-state index in [-0.39, 0.29) is 6.29 Å². The average Bonchev–Trinajstić information content (AvgIpc) is 3.02. The van der Waals surface area contributed by atoms with Crippen LogP contribution >= 0.6 is 0 Å². The normalized spacial score (nSPS) is 17.3. The lowest BCUT2D eigenvalue weighted by Gasteiger charge is -2.03. The molecule has 0 atom stereocenters. The van der Waals surface area contributed by atoms with Crippen LogP contribution < -0.4 is 0 Å². The van der Waals surface area contributed by atoms with Gasteiger partial charge >= 0.3 is 0 Å². The number of furan rings is 1. The maximum absolute atomic E-state index is 5.59. The highest BCUT2D eigenvalue weighted by Gasteiger charge is 2.22. The molecule has 0 radical (unpaired) electrons. The van der Waals surface area contributed by atoms with Crippen molar-refractivity contribution in [2.45, 2.75) is 6.29 Å². The van der Waals surface area contributed by atoms with Gasteiger partial charge in [0.25, 0.3) is 0 Å². The fourth-order valence-electron chi connectivity index (χ4n) is 1.54. The summed E-state index contributed by atoms with van der Waals surface area (Å²) < 4.78 is 16.2. The minimum absolute atomic E-state index is 0.360. The predicted molar refractivity (Wildman–Crippen MR) is 50.9 cm³/mol. The SMILES string of the molecule is c1cc(-c2ccc(C3OCCO3)o2)[nH]n1. The molecule has 5 heteroatoms. The molecule has 3 rings (SSSR count). The van der Waals surface area contributed by atoms with E-state index in [1.807, 2.05) is 18.2 Å². The summed E-state index contributed by atoms with van der Waals surface area (Å²) in [6.07, 6.45) is 1.32. The van der Waals surface area contributed by atoms with Crippen molar-refractivity contribution in [1.82, 2.24) is 10.2 Å². The van der Waals surface area contributed by atoms with Gasteiger partial charge in [-0.05, 0) is 18.2 Å². The molecule has 1 aliphatic rings. The molecule has 1 aliphatic heterocycles. The molecule has 0 unspecified atom stereocenters. The lowest BCUT2D eigenvalue weighted by atomic mass is 10.3. The third-order valence-corrected chi connectivity index (χ3v) is 2.25. The molecule has 15 heavy (non-hydrogen) atoms. The van der Waals surface area contributed by atoms with Gasteiger partial charge in [0.1, 0.15) is 5.69 Å². The van der Waals surface area contributed by atoms with Crippen molar-refractivity contribution in [2.24, 2.45) is 0 Å². The maximum atomic E-state index is 5.59. The number of rotatable bonds is 2. The standard InChI is InChI=1S/C10H10N2O3/c1-2-9(10-13-5-6-14-10)15-8(1)7-3-4-11-12-7/h1-4,10H,5-6H2,(H,11,12). The first-order chi connectivity index (χ1) is 7.43. The number of nitrogens with zero attached hydrogens (tertiary/aromatic N) is 1. The number of aromatic amines is 1. The van der Waals surface area contributed by atoms with Gasteiger partial charge in [0.2, 0.25) is 6.29 Å². The van der Waals surface area contributed by atoms with Gasteiger partial charge in [-0.2, -0.15) is 5.10 Å². The Bertz CT molecular complexity index is 429. The molecule has 2 aromatic heterocycles. The molecule has 5 nitrogen and oxygen atoms in total. The van der Waals surface area contributed by atoms with E-state index >= 15 is 0 Å². The first-order valence-electron chi connectivity index (χ1n) is 4.76. The first-order valence-corrected chi connectivity index (χ1v) is 4.76. The Morgan fingerprint density at radius 2 is 2.07 bits per heavy atom. The Morgan fingerprint density at radius 3 is 2.80 bits per heavy atom. The first kappa shape index (κ1) is 8.70. The molecule has 2 aromatic rings. The van der Waals surface area contributed by atoms with Crippen LogP contribution in [0, 0.1) is 0 Å². The van der Waals surface area contributed by atoms with Crippen LogP contribution in [0.15, 0.2) is 28.8 Å². The van der Waals surface area contributed by atoms with E-state index in [0.29, 0.717) is 19.0 Å². The Kier molecular flexibility index (Phi) is 2.04. The smallest absolute Gasteiger partial charge is 0.217 e. The van der Waals surface area contributed by atoms with Gasteiger partial charge < -0.3 is 13.9 Å². The van der Waals surface area contributed by atoms with E-state index in [2.05, 4.69) is 10.2 Å². The summed E-state index contributed by atoms with van der Waals surface area (Å²) in [5.41, 5.74) is 0.847. The monoisotopic (exact) mass is 206 g/mol. The second kappa shape index (κ2) is 3.52. The summed E-state index contributed by atoms with van der Waals surface area (Å²) >= 11 is 0. The fraction of sp³-hybridized carbons (Fsp3) is 0.300. The summed E-state index contributed by atoms with van der Waals surface area (Å²) in [5.74, 6) is 1.43. The van der Waals surface area contributed by atoms with Gasteiger partial charge in [0.15, 0.2) is 11.5 Å².